The predicted octanol–water partition coefficient (Wildman–Crippen LogP) is 5.29. The van der Waals surface area contributed by atoms with Crippen LogP contribution in [0.15, 0.2) is 54.5 Å². The van der Waals surface area contributed by atoms with Crippen LogP contribution >= 0.6 is 11.6 Å². The van der Waals surface area contributed by atoms with Gasteiger partial charge in [0.05, 0.1) is 32.9 Å². The minimum Gasteiger partial charge on any atom is -0.383 e. The lowest BCUT2D eigenvalue weighted by atomic mass is 9.69. The van der Waals surface area contributed by atoms with Gasteiger partial charge >= 0.3 is 0 Å². The molecule has 0 spiro atoms. The first kappa shape index (κ1) is 30.9. The summed E-state index contributed by atoms with van der Waals surface area (Å²) in [5.41, 5.74) is 10.3. The second kappa shape index (κ2) is 11.5. The van der Waals surface area contributed by atoms with E-state index in [2.05, 4.69) is 90.3 Å². The summed E-state index contributed by atoms with van der Waals surface area (Å²) in [6.07, 6.45) is 4.66. The largest absolute Gasteiger partial charge is 0.383 e. The molecule has 2 unspecified atom stereocenters. The molecule has 4 N–H and O–H groups in total. The lowest BCUT2D eigenvalue weighted by Gasteiger charge is -2.34. The number of hydrogen-bond acceptors (Lipinski definition) is 8. The smallest absolute Gasteiger partial charge is 0.148 e. The van der Waals surface area contributed by atoms with Crippen LogP contribution in [0, 0.1) is 22.6 Å². The maximum atomic E-state index is 14.0. The van der Waals surface area contributed by atoms with E-state index >= 15 is 0 Å². The molecule has 1 aromatic heterocycles. The van der Waals surface area contributed by atoms with Crippen molar-refractivity contribution in [2.75, 3.05) is 30.3 Å². The van der Waals surface area contributed by atoms with E-state index in [1.165, 1.54) is 12.1 Å². The Morgan fingerprint density at radius 3 is 2.51 bits per heavy atom. The Balaban J connectivity index is 1.48. The van der Waals surface area contributed by atoms with E-state index in [4.69, 9.17) is 11.6 Å². The molecule has 11 heteroatoms. The first-order chi connectivity index (χ1) is 20.2. The molecule has 3 atom stereocenters. The Hall–Kier alpha value is -3.52. The van der Waals surface area contributed by atoms with Gasteiger partial charge in [-0.3, -0.25) is 14.9 Å². The Labute approximate surface area is 260 Å². The fraction of sp³-hybridized carbons (Fsp3) is 0.438. The standard InChI is InChI=1S/C32H41BClFN8/c1-30(2,3)19-38-28-20(15-36)16-37-29-25(28)13-23(14-26(29)34)39-32(33,21-7-9-22(35)10-8-21)27-18-42(41-40-27)12-11-24-17-43(24)31(4,5)6/h7-10,13-14,16,18,24,39-41H,11-12,17,19,33H2,1-6H3,(H,37,38)/t24?,32-,43?/m0/s1. The van der Waals surface area contributed by atoms with Crippen LogP contribution in [0.2, 0.25) is 5.02 Å². The van der Waals surface area contributed by atoms with Crippen molar-refractivity contribution in [1.29, 1.82) is 5.26 Å². The van der Waals surface area contributed by atoms with E-state index in [1.54, 1.807) is 18.3 Å². The third-order valence-electron chi connectivity index (χ3n) is 8.09. The van der Waals surface area contributed by atoms with Crippen LogP contribution in [-0.4, -0.2) is 54.0 Å². The van der Waals surface area contributed by atoms with Crippen LogP contribution in [0.4, 0.5) is 15.8 Å². The van der Waals surface area contributed by atoms with Crippen molar-refractivity contribution in [1.82, 2.24) is 25.9 Å². The SMILES string of the molecule is B[C@@](Nc1cc(Cl)c2ncc(C#N)c(NCC(C)(C)C)c2c1)(C1=CN(CCC2CN2C(C)(C)C)NN1)c1ccc(F)cc1. The topological polar surface area (TPSA) is 91.1 Å². The number of nitrogens with one attached hydrogen (secondary N) is 4. The van der Waals surface area contributed by atoms with Gasteiger partial charge in [-0.1, -0.05) is 44.5 Å². The summed E-state index contributed by atoms with van der Waals surface area (Å²) in [5, 5.41) is 20.3. The van der Waals surface area contributed by atoms with Gasteiger partial charge in [0.15, 0.2) is 0 Å². The van der Waals surface area contributed by atoms with Gasteiger partial charge in [-0.25, -0.2) is 4.39 Å². The molecule has 2 aromatic carbocycles. The summed E-state index contributed by atoms with van der Waals surface area (Å²) in [5.74, 6) is -0.300. The Morgan fingerprint density at radius 2 is 1.88 bits per heavy atom. The van der Waals surface area contributed by atoms with Crippen molar-refractivity contribution in [2.45, 2.75) is 65.0 Å². The molecule has 3 aromatic rings. The molecule has 2 aliphatic heterocycles. The van der Waals surface area contributed by atoms with Gasteiger partial charge in [-0.2, -0.15) is 5.26 Å². The number of nitrogens with zero attached hydrogens (tertiary/aromatic N) is 4. The molecule has 0 saturated carbocycles. The average Bonchev–Trinajstić information content (AvgIpc) is 3.58. The van der Waals surface area contributed by atoms with Crippen molar-refractivity contribution < 1.29 is 4.39 Å². The summed E-state index contributed by atoms with van der Waals surface area (Å²) in [4.78, 5) is 7.01. The Kier molecular flexibility index (Phi) is 8.29. The van der Waals surface area contributed by atoms with E-state index in [9.17, 15) is 9.65 Å². The Morgan fingerprint density at radius 1 is 1.16 bits per heavy atom. The fourth-order valence-electron chi connectivity index (χ4n) is 5.59. The van der Waals surface area contributed by atoms with Gasteiger partial charge in [-0.05, 0) is 62.4 Å². The lowest BCUT2D eigenvalue weighted by molar-refractivity contribution is 0.241. The highest BCUT2D eigenvalue weighted by molar-refractivity contribution is 6.36. The number of benzene rings is 2. The van der Waals surface area contributed by atoms with Gasteiger partial charge in [0.1, 0.15) is 19.7 Å². The third-order valence-corrected chi connectivity index (χ3v) is 8.38. The number of halogens is 2. The molecule has 0 amide bonds. The summed E-state index contributed by atoms with van der Waals surface area (Å²) < 4.78 is 14.0. The van der Waals surface area contributed by atoms with Crippen molar-refractivity contribution in [3.8, 4) is 6.07 Å². The van der Waals surface area contributed by atoms with E-state index in [0.29, 0.717) is 34.4 Å². The van der Waals surface area contributed by atoms with Gasteiger partial charge in [0, 0.05) is 54.7 Å². The maximum Gasteiger partial charge on any atom is 0.148 e. The molecule has 8 nitrogen and oxygen atoms in total. The fourth-order valence-corrected chi connectivity index (χ4v) is 5.86. The molecular formula is C32H41BClFN8. The molecule has 3 heterocycles. The second-order valence-electron chi connectivity index (χ2n) is 13.9. The molecule has 43 heavy (non-hydrogen) atoms. The molecule has 0 aliphatic carbocycles. The van der Waals surface area contributed by atoms with Crippen molar-refractivity contribution in [3.05, 3.63) is 76.5 Å². The normalized spacial score (nSPS) is 19.8. The van der Waals surface area contributed by atoms with Gasteiger partial charge in [0.2, 0.25) is 0 Å². The maximum absolute atomic E-state index is 14.0. The highest BCUT2D eigenvalue weighted by atomic mass is 35.5. The van der Waals surface area contributed by atoms with Crippen molar-refractivity contribution >= 4 is 41.7 Å². The number of anilines is 2. The molecule has 0 radical (unpaired) electrons. The summed E-state index contributed by atoms with van der Waals surface area (Å²) in [7, 11) is 2.05. The lowest BCUT2D eigenvalue weighted by Crippen LogP contribution is -2.45. The molecule has 5 rings (SSSR count). The summed E-state index contributed by atoms with van der Waals surface area (Å²) in [6, 6.07) is 13.2. The van der Waals surface area contributed by atoms with Crippen LogP contribution in [0.25, 0.3) is 10.9 Å². The van der Waals surface area contributed by atoms with Crippen LogP contribution < -0.4 is 21.6 Å². The minimum absolute atomic E-state index is 0.00679. The number of hydrogen-bond donors (Lipinski definition) is 4. The number of pyridine rings is 1. The van der Waals surface area contributed by atoms with Crippen molar-refractivity contribution in [2.24, 2.45) is 5.41 Å². The number of hydrazine groups is 2. The third kappa shape index (κ3) is 6.85. The van der Waals surface area contributed by atoms with Crippen LogP contribution in [0.1, 0.15) is 59.1 Å². The number of rotatable bonds is 9. The predicted molar refractivity (Wildman–Crippen MR) is 176 cm³/mol. The number of nitriles is 1. The van der Waals surface area contributed by atoms with Crippen LogP contribution in [-0.2, 0) is 5.44 Å². The minimum atomic E-state index is -0.789. The van der Waals surface area contributed by atoms with E-state index in [0.717, 1.165) is 41.8 Å². The highest BCUT2D eigenvalue weighted by Crippen LogP contribution is 2.38. The summed E-state index contributed by atoms with van der Waals surface area (Å²) >= 11 is 6.80. The highest BCUT2D eigenvalue weighted by Gasteiger charge is 2.42. The summed E-state index contributed by atoms with van der Waals surface area (Å²) in [6.45, 7) is 15.8. The van der Waals surface area contributed by atoms with Gasteiger partial charge in [-0.15, -0.1) is 5.53 Å². The zero-order valence-corrected chi connectivity index (χ0v) is 26.8. The molecule has 1 saturated heterocycles. The Bertz CT molecular complexity index is 1570. The van der Waals surface area contributed by atoms with E-state index < -0.39 is 5.44 Å². The van der Waals surface area contributed by atoms with Gasteiger partial charge in [0.25, 0.3) is 0 Å². The molecule has 0 bridgehead atoms. The number of aromatic nitrogens is 1. The van der Waals surface area contributed by atoms with E-state index in [-0.39, 0.29) is 16.8 Å². The molecule has 1 fully saturated rings. The molecular weight excluding hydrogens is 562 g/mol. The number of fused-ring (bicyclic) bond motifs is 1. The van der Waals surface area contributed by atoms with Crippen molar-refractivity contribution in [3.63, 3.8) is 0 Å². The average molecular weight is 603 g/mol. The monoisotopic (exact) mass is 602 g/mol. The zero-order chi connectivity index (χ0) is 31.2. The van der Waals surface area contributed by atoms with Gasteiger partial charge < -0.3 is 16.1 Å². The molecule has 226 valence electrons. The quantitative estimate of drug-likeness (QED) is 0.194. The second-order valence-corrected chi connectivity index (χ2v) is 14.3. The van der Waals surface area contributed by atoms with Crippen LogP contribution in [0.5, 0.6) is 0 Å². The first-order valence-electron chi connectivity index (χ1n) is 14.8. The van der Waals surface area contributed by atoms with E-state index in [1.807, 2.05) is 20.0 Å². The van der Waals surface area contributed by atoms with Crippen LogP contribution in [0.3, 0.4) is 0 Å². The zero-order valence-electron chi connectivity index (χ0n) is 26.1. The first-order valence-corrected chi connectivity index (χ1v) is 15.1. The molecule has 2 aliphatic rings.